The van der Waals surface area contributed by atoms with Gasteiger partial charge in [0.15, 0.2) is 0 Å². The van der Waals surface area contributed by atoms with Gasteiger partial charge in [-0.15, -0.1) is 0 Å². The van der Waals surface area contributed by atoms with Crippen LogP contribution in [0.15, 0.2) is 41.6 Å². The van der Waals surface area contributed by atoms with E-state index < -0.39 is 0 Å². The molecule has 0 aliphatic heterocycles. The number of benzene rings is 1. The number of allylic oxidation sites excluding steroid dienone is 2. The van der Waals surface area contributed by atoms with E-state index in [0.717, 1.165) is 17.6 Å². The molecule has 13 heavy (non-hydrogen) atoms. The SMILES string of the molecule is CCC=C(C=NO)c1ccccc1. The van der Waals surface area contributed by atoms with E-state index in [9.17, 15) is 0 Å². The third-order valence-corrected chi connectivity index (χ3v) is 1.73. The first-order valence-corrected chi connectivity index (χ1v) is 4.31. The Morgan fingerprint density at radius 2 is 2.08 bits per heavy atom. The summed E-state index contributed by atoms with van der Waals surface area (Å²) < 4.78 is 0. The summed E-state index contributed by atoms with van der Waals surface area (Å²) >= 11 is 0. The van der Waals surface area contributed by atoms with E-state index in [4.69, 9.17) is 5.21 Å². The van der Waals surface area contributed by atoms with E-state index in [1.165, 1.54) is 6.21 Å². The van der Waals surface area contributed by atoms with E-state index in [1.54, 1.807) is 0 Å². The third-order valence-electron chi connectivity index (χ3n) is 1.73. The molecule has 2 heteroatoms. The summed E-state index contributed by atoms with van der Waals surface area (Å²) in [5, 5.41) is 11.5. The summed E-state index contributed by atoms with van der Waals surface area (Å²) in [6.45, 7) is 2.05. The van der Waals surface area contributed by atoms with Gasteiger partial charge in [0, 0.05) is 0 Å². The molecule has 0 amide bonds. The van der Waals surface area contributed by atoms with Gasteiger partial charge in [-0.1, -0.05) is 48.5 Å². The Labute approximate surface area is 78.2 Å². The summed E-state index contributed by atoms with van der Waals surface area (Å²) in [6.07, 6.45) is 4.41. The number of rotatable bonds is 3. The minimum absolute atomic E-state index is 0.927. The molecule has 0 aliphatic rings. The first kappa shape index (κ1) is 9.52. The fourth-order valence-corrected chi connectivity index (χ4v) is 1.16. The summed E-state index contributed by atoms with van der Waals surface area (Å²) in [6, 6.07) is 9.86. The zero-order chi connectivity index (χ0) is 9.52. The van der Waals surface area contributed by atoms with Crippen molar-refractivity contribution in [1.29, 1.82) is 0 Å². The van der Waals surface area contributed by atoms with Crippen LogP contribution in [0.5, 0.6) is 0 Å². The lowest BCUT2D eigenvalue weighted by atomic mass is 10.1. The van der Waals surface area contributed by atoms with Crippen LogP contribution in [0.25, 0.3) is 5.57 Å². The molecule has 1 aromatic carbocycles. The number of hydrogen-bond donors (Lipinski definition) is 1. The van der Waals surface area contributed by atoms with Crippen LogP contribution >= 0.6 is 0 Å². The highest BCUT2D eigenvalue weighted by molar-refractivity contribution is 6.09. The Kier molecular flexibility index (Phi) is 3.76. The monoisotopic (exact) mass is 175 g/mol. The highest BCUT2D eigenvalue weighted by Gasteiger charge is 1.95. The summed E-state index contributed by atoms with van der Waals surface area (Å²) in [5.74, 6) is 0. The van der Waals surface area contributed by atoms with Gasteiger partial charge in [-0.2, -0.15) is 0 Å². The molecule has 0 aliphatic carbocycles. The van der Waals surface area contributed by atoms with E-state index in [-0.39, 0.29) is 0 Å². The molecule has 0 heterocycles. The van der Waals surface area contributed by atoms with Crippen molar-refractivity contribution in [3.63, 3.8) is 0 Å². The molecular formula is C11H13NO. The molecule has 0 saturated carbocycles. The van der Waals surface area contributed by atoms with Crippen LogP contribution in [0.1, 0.15) is 18.9 Å². The van der Waals surface area contributed by atoms with Crippen molar-refractivity contribution in [2.75, 3.05) is 0 Å². The zero-order valence-electron chi connectivity index (χ0n) is 7.64. The highest BCUT2D eigenvalue weighted by Crippen LogP contribution is 2.12. The van der Waals surface area contributed by atoms with Crippen molar-refractivity contribution in [3.8, 4) is 0 Å². The van der Waals surface area contributed by atoms with Crippen LogP contribution in [0, 0.1) is 0 Å². The zero-order valence-corrected chi connectivity index (χ0v) is 7.64. The Morgan fingerprint density at radius 1 is 1.38 bits per heavy atom. The van der Waals surface area contributed by atoms with Crippen LogP contribution in [0.3, 0.4) is 0 Å². The van der Waals surface area contributed by atoms with Crippen LogP contribution in [-0.4, -0.2) is 11.4 Å². The lowest BCUT2D eigenvalue weighted by Crippen LogP contribution is -1.85. The quantitative estimate of drug-likeness (QED) is 0.427. The number of oxime groups is 1. The van der Waals surface area contributed by atoms with E-state index in [0.29, 0.717) is 0 Å². The molecule has 0 aromatic heterocycles. The highest BCUT2D eigenvalue weighted by atomic mass is 16.4. The number of nitrogens with zero attached hydrogens (tertiary/aromatic N) is 1. The predicted octanol–water partition coefficient (Wildman–Crippen LogP) is 2.94. The van der Waals surface area contributed by atoms with Crippen molar-refractivity contribution in [3.05, 3.63) is 42.0 Å². The lowest BCUT2D eigenvalue weighted by molar-refractivity contribution is 0.322. The molecule has 0 fully saturated rings. The van der Waals surface area contributed by atoms with Gasteiger partial charge in [-0.25, -0.2) is 0 Å². The molecule has 0 saturated heterocycles. The molecule has 68 valence electrons. The first-order chi connectivity index (χ1) is 6.38. The Bertz CT molecular complexity index is 301. The lowest BCUT2D eigenvalue weighted by Gasteiger charge is -1.99. The molecule has 1 aromatic rings. The summed E-state index contributed by atoms with van der Waals surface area (Å²) in [5.41, 5.74) is 2.02. The Balaban J connectivity index is 2.96. The van der Waals surface area contributed by atoms with Gasteiger partial charge in [0.1, 0.15) is 0 Å². The maximum Gasteiger partial charge on any atom is 0.0736 e. The van der Waals surface area contributed by atoms with Gasteiger partial charge < -0.3 is 5.21 Å². The minimum atomic E-state index is 0.927. The van der Waals surface area contributed by atoms with Crippen molar-refractivity contribution in [2.45, 2.75) is 13.3 Å². The topological polar surface area (TPSA) is 32.6 Å². The maximum absolute atomic E-state index is 8.45. The van der Waals surface area contributed by atoms with Gasteiger partial charge in [0.25, 0.3) is 0 Å². The normalized spacial score (nSPS) is 12.2. The van der Waals surface area contributed by atoms with E-state index in [1.807, 2.05) is 43.3 Å². The smallest absolute Gasteiger partial charge is 0.0736 e. The molecular weight excluding hydrogens is 162 g/mol. The molecule has 2 nitrogen and oxygen atoms in total. The fraction of sp³-hybridized carbons (Fsp3) is 0.182. The Morgan fingerprint density at radius 3 is 2.62 bits per heavy atom. The molecule has 0 radical (unpaired) electrons. The second-order valence-electron chi connectivity index (χ2n) is 2.68. The van der Waals surface area contributed by atoms with Gasteiger partial charge in [-0.05, 0) is 17.6 Å². The van der Waals surface area contributed by atoms with Crippen molar-refractivity contribution < 1.29 is 5.21 Å². The van der Waals surface area contributed by atoms with Crippen LogP contribution < -0.4 is 0 Å². The predicted molar refractivity (Wildman–Crippen MR) is 55.0 cm³/mol. The second-order valence-corrected chi connectivity index (χ2v) is 2.68. The molecule has 0 spiro atoms. The van der Waals surface area contributed by atoms with Gasteiger partial charge in [0.2, 0.25) is 0 Å². The maximum atomic E-state index is 8.45. The Hall–Kier alpha value is -1.57. The van der Waals surface area contributed by atoms with Gasteiger partial charge in [0.05, 0.1) is 6.21 Å². The third kappa shape index (κ3) is 2.75. The molecule has 0 bridgehead atoms. The van der Waals surface area contributed by atoms with Gasteiger partial charge in [-0.3, -0.25) is 0 Å². The number of hydrogen-bond acceptors (Lipinski definition) is 2. The summed E-state index contributed by atoms with van der Waals surface area (Å²) in [4.78, 5) is 0. The van der Waals surface area contributed by atoms with Gasteiger partial charge >= 0.3 is 0 Å². The average molecular weight is 175 g/mol. The van der Waals surface area contributed by atoms with E-state index >= 15 is 0 Å². The largest absolute Gasteiger partial charge is 0.411 e. The van der Waals surface area contributed by atoms with Crippen molar-refractivity contribution in [2.24, 2.45) is 5.16 Å². The second kappa shape index (κ2) is 5.14. The minimum Gasteiger partial charge on any atom is -0.411 e. The van der Waals surface area contributed by atoms with Crippen LogP contribution in [-0.2, 0) is 0 Å². The van der Waals surface area contributed by atoms with Crippen molar-refractivity contribution in [1.82, 2.24) is 0 Å². The first-order valence-electron chi connectivity index (χ1n) is 4.31. The molecule has 0 unspecified atom stereocenters. The standard InChI is InChI=1S/C11H13NO/c1-2-6-11(9-12-13)10-7-4-3-5-8-10/h3-9,13H,2H2,1H3. The molecule has 1 N–H and O–H groups in total. The molecule has 0 atom stereocenters. The van der Waals surface area contributed by atoms with Crippen LogP contribution in [0.2, 0.25) is 0 Å². The van der Waals surface area contributed by atoms with Crippen LogP contribution in [0.4, 0.5) is 0 Å². The molecule has 1 rings (SSSR count). The van der Waals surface area contributed by atoms with E-state index in [2.05, 4.69) is 5.16 Å². The van der Waals surface area contributed by atoms with Crippen molar-refractivity contribution >= 4 is 11.8 Å². The average Bonchev–Trinajstić information content (AvgIpc) is 2.19. The summed E-state index contributed by atoms with van der Waals surface area (Å²) in [7, 11) is 0. The fourth-order valence-electron chi connectivity index (χ4n) is 1.16.